The number of hydrogen-bond acceptors (Lipinski definition) is 3. The predicted molar refractivity (Wildman–Crippen MR) is 72.0 cm³/mol. The maximum atomic E-state index is 6.14. The standard InChI is InChI=1S/C12H12BrClN2O/c1-2-15-7-12-16-6-11(17-12)9-4-3-8(13)5-10(9)14/h3-6,15H,2,7H2,1H3. The van der Waals surface area contributed by atoms with Crippen LogP contribution >= 0.6 is 27.5 Å². The van der Waals surface area contributed by atoms with E-state index < -0.39 is 0 Å². The van der Waals surface area contributed by atoms with E-state index in [1.807, 2.05) is 25.1 Å². The topological polar surface area (TPSA) is 38.1 Å². The first-order valence-corrected chi connectivity index (χ1v) is 6.48. The fraction of sp³-hybridized carbons (Fsp3) is 0.250. The molecule has 2 aromatic rings. The van der Waals surface area contributed by atoms with E-state index in [9.17, 15) is 0 Å². The number of oxazole rings is 1. The highest BCUT2D eigenvalue weighted by Gasteiger charge is 2.09. The first-order chi connectivity index (χ1) is 8.20. The Labute approximate surface area is 113 Å². The minimum atomic E-state index is 0.630. The number of aromatic nitrogens is 1. The summed E-state index contributed by atoms with van der Waals surface area (Å²) in [5.74, 6) is 1.36. The first kappa shape index (κ1) is 12.6. The van der Waals surface area contributed by atoms with Gasteiger partial charge >= 0.3 is 0 Å². The largest absolute Gasteiger partial charge is 0.439 e. The molecule has 0 bridgehead atoms. The molecular weight excluding hydrogens is 304 g/mol. The molecule has 0 saturated heterocycles. The van der Waals surface area contributed by atoms with Crippen LogP contribution in [0.5, 0.6) is 0 Å². The summed E-state index contributed by atoms with van der Waals surface area (Å²) >= 11 is 9.51. The molecule has 0 aliphatic rings. The van der Waals surface area contributed by atoms with Crippen molar-refractivity contribution < 1.29 is 4.42 Å². The Balaban J connectivity index is 2.24. The van der Waals surface area contributed by atoms with Crippen molar-refractivity contribution in [2.45, 2.75) is 13.5 Å². The minimum Gasteiger partial charge on any atom is -0.439 e. The molecule has 0 saturated carbocycles. The Kier molecular flexibility index (Phi) is 4.20. The van der Waals surface area contributed by atoms with E-state index >= 15 is 0 Å². The molecule has 1 aromatic heterocycles. The van der Waals surface area contributed by atoms with Crippen molar-refractivity contribution in [3.8, 4) is 11.3 Å². The number of nitrogens with one attached hydrogen (secondary N) is 1. The quantitative estimate of drug-likeness (QED) is 0.931. The molecule has 0 fully saturated rings. The molecule has 0 atom stereocenters. The molecule has 17 heavy (non-hydrogen) atoms. The monoisotopic (exact) mass is 314 g/mol. The summed E-state index contributed by atoms with van der Waals surface area (Å²) in [6, 6.07) is 5.67. The average molecular weight is 316 g/mol. The fourth-order valence-corrected chi connectivity index (χ4v) is 2.20. The molecule has 0 spiro atoms. The zero-order chi connectivity index (χ0) is 12.3. The van der Waals surface area contributed by atoms with Crippen LogP contribution in [-0.2, 0) is 6.54 Å². The summed E-state index contributed by atoms with van der Waals surface area (Å²) in [5, 5.41) is 3.80. The summed E-state index contributed by atoms with van der Waals surface area (Å²) in [4.78, 5) is 4.19. The molecule has 0 aliphatic heterocycles. The Morgan fingerprint density at radius 2 is 2.29 bits per heavy atom. The van der Waals surface area contributed by atoms with E-state index in [0.29, 0.717) is 23.2 Å². The Bertz CT molecular complexity index is 513. The lowest BCUT2D eigenvalue weighted by Crippen LogP contribution is -2.11. The summed E-state index contributed by atoms with van der Waals surface area (Å²) in [6.07, 6.45) is 1.70. The van der Waals surface area contributed by atoms with Gasteiger partial charge < -0.3 is 9.73 Å². The second-order valence-corrected chi connectivity index (χ2v) is 4.85. The van der Waals surface area contributed by atoms with Gasteiger partial charge in [-0.25, -0.2) is 4.98 Å². The molecule has 3 nitrogen and oxygen atoms in total. The smallest absolute Gasteiger partial charge is 0.208 e. The van der Waals surface area contributed by atoms with Gasteiger partial charge in [0.15, 0.2) is 5.76 Å². The number of benzene rings is 1. The zero-order valence-electron chi connectivity index (χ0n) is 9.34. The maximum absolute atomic E-state index is 6.14. The normalized spacial score (nSPS) is 10.8. The van der Waals surface area contributed by atoms with Crippen molar-refractivity contribution in [1.29, 1.82) is 0 Å². The van der Waals surface area contributed by atoms with Gasteiger partial charge in [-0.3, -0.25) is 0 Å². The molecule has 90 valence electrons. The number of rotatable bonds is 4. The second-order valence-electron chi connectivity index (χ2n) is 3.52. The zero-order valence-corrected chi connectivity index (χ0v) is 11.7. The Morgan fingerprint density at radius 3 is 3.00 bits per heavy atom. The van der Waals surface area contributed by atoms with E-state index in [2.05, 4.69) is 26.2 Å². The summed E-state index contributed by atoms with van der Waals surface area (Å²) in [6.45, 7) is 3.55. The van der Waals surface area contributed by atoms with Crippen LogP contribution in [0.3, 0.4) is 0 Å². The third-order valence-corrected chi connectivity index (χ3v) is 3.08. The van der Waals surface area contributed by atoms with Crippen LogP contribution in [0, 0.1) is 0 Å². The van der Waals surface area contributed by atoms with E-state index in [-0.39, 0.29) is 0 Å². The SMILES string of the molecule is CCNCc1ncc(-c2ccc(Br)cc2Cl)o1. The Morgan fingerprint density at radius 1 is 1.47 bits per heavy atom. The molecular formula is C12H12BrClN2O. The lowest BCUT2D eigenvalue weighted by Gasteiger charge is -2.00. The summed E-state index contributed by atoms with van der Waals surface area (Å²) in [7, 11) is 0. The second kappa shape index (κ2) is 5.67. The van der Waals surface area contributed by atoms with Crippen molar-refractivity contribution in [2.75, 3.05) is 6.54 Å². The van der Waals surface area contributed by atoms with Gasteiger partial charge in [0.05, 0.1) is 17.8 Å². The van der Waals surface area contributed by atoms with E-state index in [1.165, 1.54) is 0 Å². The summed E-state index contributed by atoms with van der Waals surface area (Å²) < 4.78 is 6.56. The molecule has 0 radical (unpaired) electrons. The minimum absolute atomic E-state index is 0.630. The van der Waals surface area contributed by atoms with Crippen LogP contribution in [0.2, 0.25) is 5.02 Å². The van der Waals surface area contributed by atoms with Crippen molar-refractivity contribution in [1.82, 2.24) is 10.3 Å². The lowest BCUT2D eigenvalue weighted by atomic mass is 10.2. The van der Waals surface area contributed by atoms with Crippen LogP contribution in [0.15, 0.2) is 33.3 Å². The van der Waals surface area contributed by atoms with Crippen molar-refractivity contribution in [3.05, 3.63) is 39.8 Å². The van der Waals surface area contributed by atoms with Crippen molar-refractivity contribution >= 4 is 27.5 Å². The van der Waals surface area contributed by atoms with Crippen LogP contribution < -0.4 is 5.32 Å². The molecule has 1 aromatic carbocycles. The molecule has 0 aliphatic carbocycles. The van der Waals surface area contributed by atoms with Gasteiger partial charge in [0, 0.05) is 10.0 Å². The van der Waals surface area contributed by atoms with Crippen LogP contribution in [0.25, 0.3) is 11.3 Å². The third-order valence-electron chi connectivity index (χ3n) is 2.28. The van der Waals surface area contributed by atoms with Gasteiger partial charge in [0.25, 0.3) is 0 Å². The number of nitrogens with zero attached hydrogens (tertiary/aromatic N) is 1. The molecule has 1 N–H and O–H groups in total. The first-order valence-electron chi connectivity index (χ1n) is 5.31. The van der Waals surface area contributed by atoms with Crippen molar-refractivity contribution in [2.24, 2.45) is 0 Å². The van der Waals surface area contributed by atoms with Gasteiger partial charge in [-0.1, -0.05) is 34.5 Å². The van der Waals surface area contributed by atoms with E-state index in [1.54, 1.807) is 6.20 Å². The van der Waals surface area contributed by atoms with Crippen LogP contribution in [0.4, 0.5) is 0 Å². The molecule has 0 unspecified atom stereocenters. The van der Waals surface area contributed by atoms with Crippen molar-refractivity contribution in [3.63, 3.8) is 0 Å². The van der Waals surface area contributed by atoms with E-state index in [4.69, 9.17) is 16.0 Å². The highest BCUT2D eigenvalue weighted by molar-refractivity contribution is 9.10. The third kappa shape index (κ3) is 3.09. The van der Waals surface area contributed by atoms with Gasteiger partial charge in [0.1, 0.15) is 0 Å². The molecule has 1 heterocycles. The number of halogens is 2. The van der Waals surface area contributed by atoms with Crippen LogP contribution in [-0.4, -0.2) is 11.5 Å². The maximum Gasteiger partial charge on any atom is 0.208 e. The average Bonchev–Trinajstić information content (AvgIpc) is 2.75. The highest BCUT2D eigenvalue weighted by atomic mass is 79.9. The highest BCUT2D eigenvalue weighted by Crippen LogP contribution is 2.30. The van der Waals surface area contributed by atoms with Gasteiger partial charge in [0.2, 0.25) is 5.89 Å². The molecule has 2 rings (SSSR count). The van der Waals surface area contributed by atoms with Gasteiger partial charge in [-0.2, -0.15) is 0 Å². The predicted octanol–water partition coefficient (Wildman–Crippen LogP) is 3.87. The molecule has 5 heteroatoms. The summed E-state index contributed by atoms with van der Waals surface area (Å²) in [5.41, 5.74) is 0.852. The van der Waals surface area contributed by atoms with Gasteiger partial charge in [-0.15, -0.1) is 0 Å². The van der Waals surface area contributed by atoms with Crippen LogP contribution in [0.1, 0.15) is 12.8 Å². The number of hydrogen-bond donors (Lipinski definition) is 1. The molecule has 0 amide bonds. The Hall–Kier alpha value is -0.840. The van der Waals surface area contributed by atoms with E-state index in [0.717, 1.165) is 16.6 Å². The lowest BCUT2D eigenvalue weighted by molar-refractivity contribution is 0.482. The van der Waals surface area contributed by atoms with Gasteiger partial charge in [-0.05, 0) is 24.7 Å². The fourth-order valence-electron chi connectivity index (χ4n) is 1.44.